The first-order chi connectivity index (χ1) is 15.9. The monoisotopic (exact) mass is 477 g/mol. The van der Waals surface area contributed by atoms with Crippen molar-refractivity contribution in [2.45, 2.75) is 63.0 Å². The summed E-state index contributed by atoms with van der Waals surface area (Å²) in [6.45, 7) is 0.446. The van der Waals surface area contributed by atoms with E-state index in [4.69, 9.17) is 9.88 Å². The van der Waals surface area contributed by atoms with E-state index in [0.29, 0.717) is 31.1 Å². The number of hydrogen-bond acceptors (Lipinski definition) is 9. The molecule has 4 rings (SSSR count). The van der Waals surface area contributed by atoms with Gasteiger partial charge < -0.3 is 20.5 Å². The summed E-state index contributed by atoms with van der Waals surface area (Å²) >= 11 is 0. The molecule has 0 aliphatic heterocycles. The van der Waals surface area contributed by atoms with Crippen LogP contribution in [0.4, 0.5) is 11.6 Å². The highest BCUT2D eigenvalue weighted by atomic mass is 32.2. The zero-order valence-electron chi connectivity index (χ0n) is 18.3. The Balaban J connectivity index is 1.29. The second-order valence-electron chi connectivity index (χ2n) is 8.72. The predicted octanol–water partition coefficient (Wildman–Crippen LogP) is 1.80. The number of aliphatic hydroxyl groups is 1. The fraction of sp³-hybridized carbons (Fsp3) is 0.545. The number of ether oxygens (including phenoxy) is 1. The molecule has 1 heterocycles. The quantitative estimate of drug-likeness (QED) is 0.402. The van der Waals surface area contributed by atoms with Gasteiger partial charge in [-0.1, -0.05) is 30.3 Å². The van der Waals surface area contributed by atoms with Gasteiger partial charge in [-0.15, -0.1) is 0 Å². The lowest BCUT2D eigenvalue weighted by molar-refractivity contribution is 0.0394. The summed E-state index contributed by atoms with van der Waals surface area (Å²) in [5.41, 5.74) is 1.16. The van der Waals surface area contributed by atoms with E-state index in [2.05, 4.69) is 36.9 Å². The fourth-order valence-corrected chi connectivity index (χ4v) is 4.93. The number of aromatic nitrogens is 2. The fourth-order valence-electron chi connectivity index (χ4n) is 4.56. The Hall–Kier alpha value is -2.31. The first kappa shape index (κ1) is 23.8. The van der Waals surface area contributed by atoms with Gasteiger partial charge in [0.1, 0.15) is 18.0 Å². The molecule has 5 atom stereocenters. The molecule has 2 fully saturated rings. The molecular formula is C22H31N5O5S. The molecule has 33 heavy (non-hydrogen) atoms. The van der Waals surface area contributed by atoms with Gasteiger partial charge in [0.05, 0.1) is 31.5 Å². The summed E-state index contributed by atoms with van der Waals surface area (Å²) < 4.78 is 32.8. The summed E-state index contributed by atoms with van der Waals surface area (Å²) in [6.07, 6.45) is 5.04. The van der Waals surface area contributed by atoms with Crippen molar-refractivity contribution in [3.8, 4) is 0 Å². The predicted molar refractivity (Wildman–Crippen MR) is 124 cm³/mol. The molecule has 11 heteroatoms. The highest BCUT2D eigenvalue weighted by Crippen LogP contribution is 2.30. The topological polar surface area (TPSA) is 149 Å². The average molecular weight is 478 g/mol. The van der Waals surface area contributed by atoms with Gasteiger partial charge in [-0.25, -0.2) is 15.1 Å². The normalized spacial score (nSPS) is 27.5. The SMILES string of the molecule is NS(=O)(=O)OC[C@H]1C[C@@H](Nc2cc(N[C@@H]3CCC[C@H]3OCc3ccccc3)ncn2)C[C@@H]1O. The van der Waals surface area contributed by atoms with Gasteiger partial charge in [0.15, 0.2) is 0 Å². The lowest BCUT2D eigenvalue weighted by atomic mass is 10.1. The molecule has 1 aromatic carbocycles. The summed E-state index contributed by atoms with van der Waals surface area (Å²) in [6, 6.07) is 12.1. The third-order valence-corrected chi connectivity index (χ3v) is 6.68. The molecule has 2 aromatic rings. The van der Waals surface area contributed by atoms with Crippen molar-refractivity contribution in [3.63, 3.8) is 0 Å². The molecule has 0 amide bonds. The average Bonchev–Trinajstić information content (AvgIpc) is 3.37. The van der Waals surface area contributed by atoms with Crippen LogP contribution in [0.3, 0.4) is 0 Å². The second kappa shape index (κ2) is 10.7. The number of nitrogens with two attached hydrogens (primary N) is 1. The van der Waals surface area contributed by atoms with Crippen LogP contribution >= 0.6 is 0 Å². The summed E-state index contributed by atoms with van der Waals surface area (Å²) in [4.78, 5) is 8.63. The van der Waals surface area contributed by atoms with E-state index >= 15 is 0 Å². The van der Waals surface area contributed by atoms with Crippen molar-refractivity contribution in [2.24, 2.45) is 11.1 Å². The van der Waals surface area contributed by atoms with Crippen molar-refractivity contribution in [1.82, 2.24) is 9.97 Å². The summed E-state index contributed by atoms with van der Waals surface area (Å²) in [5.74, 6) is 1.03. The van der Waals surface area contributed by atoms with Gasteiger partial charge in [0.2, 0.25) is 0 Å². The van der Waals surface area contributed by atoms with Gasteiger partial charge in [-0.3, -0.25) is 4.18 Å². The van der Waals surface area contributed by atoms with Crippen molar-refractivity contribution in [1.29, 1.82) is 0 Å². The van der Waals surface area contributed by atoms with Gasteiger partial charge in [-0.2, -0.15) is 8.42 Å². The standard InChI is InChI=1S/C22H31N5O5S/c23-33(29,30)32-13-16-9-17(10-19(16)28)26-21-11-22(25-14-24-21)27-18-7-4-8-20(18)31-12-15-5-2-1-3-6-15/h1-3,5-6,11,14,16-20,28H,4,7-10,12-13H2,(H2,23,29,30)(H2,24,25,26,27)/t16-,17-,18-,19+,20-/m1/s1. The molecule has 0 saturated heterocycles. The van der Waals surface area contributed by atoms with Gasteiger partial charge in [0.25, 0.3) is 0 Å². The molecule has 5 N–H and O–H groups in total. The molecule has 0 spiro atoms. The Kier molecular flexibility index (Phi) is 7.76. The van der Waals surface area contributed by atoms with Crippen LogP contribution in [0.25, 0.3) is 0 Å². The minimum atomic E-state index is -4.02. The zero-order chi connectivity index (χ0) is 23.3. The van der Waals surface area contributed by atoms with Gasteiger partial charge >= 0.3 is 10.3 Å². The lowest BCUT2D eigenvalue weighted by Gasteiger charge is -2.22. The second-order valence-corrected chi connectivity index (χ2v) is 9.94. The molecule has 2 aliphatic carbocycles. The van der Waals surface area contributed by atoms with Crippen molar-refractivity contribution in [3.05, 3.63) is 48.3 Å². The van der Waals surface area contributed by atoms with Crippen LogP contribution < -0.4 is 15.8 Å². The smallest absolute Gasteiger partial charge is 0.333 e. The number of aliphatic hydroxyl groups excluding tert-OH is 1. The number of anilines is 2. The van der Waals surface area contributed by atoms with E-state index in [1.54, 1.807) is 0 Å². The molecule has 10 nitrogen and oxygen atoms in total. The zero-order valence-corrected chi connectivity index (χ0v) is 19.2. The Labute approximate surface area is 194 Å². The molecule has 0 bridgehead atoms. The molecule has 2 saturated carbocycles. The largest absolute Gasteiger partial charge is 0.393 e. The van der Waals surface area contributed by atoms with Crippen LogP contribution in [-0.4, -0.2) is 54.4 Å². The molecule has 1 aromatic heterocycles. The number of nitrogens with one attached hydrogen (secondary N) is 2. The Morgan fingerprint density at radius 3 is 2.61 bits per heavy atom. The first-order valence-electron chi connectivity index (χ1n) is 11.2. The van der Waals surface area contributed by atoms with E-state index in [1.807, 2.05) is 24.3 Å². The van der Waals surface area contributed by atoms with Gasteiger partial charge in [0, 0.05) is 18.0 Å². The Morgan fingerprint density at radius 2 is 1.85 bits per heavy atom. The van der Waals surface area contributed by atoms with E-state index in [0.717, 1.165) is 24.8 Å². The summed E-state index contributed by atoms with van der Waals surface area (Å²) in [7, 11) is -4.02. The highest BCUT2D eigenvalue weighted by molar-refractivity contribution is 7.84. The molecular weight excluding hydrogens is 446 g/mol. The maximum atomic E-state index is 11.0. The number of rotatable bonds is 10. The minimum absolute atomic E-state index is 0.0646. The molecule has 0 radical (unpaired) electrons. The van der Waals surface area contributed by atoms with Crippen LogP contribution in [0.15, 0.2) is 42.7 Å². The van der Waals surface area contributed by atoms with E-state index < -0.39 is 16.4 Å². The lowest BCUT2D eigenvalue weighted by Crippen LogP contribution is -2.31. The molecule has 180 valence electrons. The molecule has 0 unspecified atom stereocenters. The van der Waals surface area contributed by atoms with Crippen LogP contribution in [0.5, 0.6) is 0 Å². The minimum Gasteiger partial charge on any atom is -0.393 e. The van der Waals surface area contributed by atoms with E-state index in [-0.39, 0.29) is 30.7 Å². The third-order valence-electron chi connectivity index (χ3n) is 6.22. The maximum absolute atomic E-state index is 11.0. The Morgan fingerprint density at radius 1 is 1.09 bits per heavy atom. The number of benzene rings is 1. The van der Waals surface area contributed by atoms with Crippen LogP contribution in [-0.2, 0) is 25.8 Å². The van der Waals surface area contributed by atoms with Crippen molar-refractivity contribution < 1.29 is 22.4 Å². The highest BCUT2D eigenvalue weighted by Gasteiger charge is 2.34. The maximum Gasteiger partial charge on any atom is 0.333 e. The van der Waals surface area contributed by atoms with Gasteiger partial charge in [-0.05, 0) is 37.7 Å². The van der Waals surface area contributed by atoms with Crippen LogP contribution in [0.2, 0.25) is 0 Å². The van der Waals surface area contributed by atoms with E-state index in [1.165, 1.54) is 6.33 Å². The Bertz CT molecular complexity index is 1010. The van der Waals surface area contributed by atoms with Crippen molar-refractivity contribution >= 4 is 21.9 Å². The van der Waals surface area contributed by atoms with Crippen molar-refractivity contribution in [2.75, 3.05) is 17.2 Å². The number of hydrogen-bond donors (Lipinski definition) is 4. The third kappa shape index (κ3) is 7.08. The number of nitrogens with zero attached hydrogens (tertiary/aromatic N) is 2. The first-order valence-corrected chi connectivity index (χ1v) is 12.7. The van der Waals surface area contributed by atoms with E-state index in [9.17, 15) is 13.5 Å². The van der Waals surface area contributed by atoms with Crippen LogP contribution in [0, 0.1) is 5.92 Å². The summed E-state index contributed by atoms with van der Waals surface area (Å²) in [5, 5.41) is 21.9. The molecule has 2 aliphatic rings. The van der Waals surface area contributed by atoms with Crippen LogP contribution in [0.1, 0.15) is 37.7 Å².